The fourth-order valence-corrected chi connectivity index (χ4v) is 4.96. The average molecular weight is 477 g/mol. The molecule has 0 aliphatic carbocycles. The Hall–Kier alpha value is -4.71. The van der Waals surface area contributed by atoms with E-state index in [0.717, 1.165) is 55.0 Å². The van der Waals surface area contributed by atoms with Crippen molar-refractivity contribution in [2.24, 2.45) is 0 Å². The lowest BCUT2D eigenvalue weighted by Gasteiger charge is -2.10. The molecule has 178 valence electrons. The van der Waals surface area contributed by atoms with Crippen molar-refractivity contribution < 1.29 is 19.4 Å². The Morgan fingerprint density at radius 3 is 2.39 bits per heavy atom. The summed E-state index contributed by atoms with van der Waals surface area (Å²) in [6.07, 6.45) is 1.87. The number of aromatic nitrogens is 2. The number of nitrogens with one attached hydrogen (secondary N) is 2. The van der Waals surface area contributed by atoms with Crippen molar-refractivity contribution in [3.63, 3.8) is 0 Å². The molecule has 36 heavy (non-hydrogen) atoms. The normalized spacial score (nSPS) is 11.3. The largest absolute Gasteiger partial charge is 0.512 e. The van der Waals surface area contributed by atoms with Gasteiger partial charge in [-0.3, -0.25) is 0 Å². The fourth-order valence-electron chi connectivity index (χ4n) is 4.96. The summed E-state index contributed by atoms with van der Waals surface area (Å²) in [7, 11) is 0. The van der Waals surface area contributed by atoms with Crippen LogP contribution in [-0.4, -0.2) is 27.8 Å². The van der Waals surface area contributed by atoms with Crippen molar-refractivity contribution in [2.45, 2.75) is 12.8 Å². The molecule has 6 nitrogen and oxygen atoms in total. The van der Waals surface area contributed by atoms with E-state index in [2.05, 4.69) is 40.3 Å². The predicted octanol–water partition coefficient (Wildman–Crippen LogP) is 7.54. The third-order valence-electron chi connectivity index (χ3n) is 6.55. The van der Waals surface area contributed by atoms with Gasteiger partial charge in [-0.2, -0.15) is 0 Å². The van der Waals surface area contributed by atoms with Gasteiger partial charge in [-0.1, -0.05) is 72.8 Å². The minimum absolute atomic E-state index is 0.258. The van der Waals surface area contributed by atoms with Gasteiger partial charge in [0.2, 0.25) is 5.88 Å². The van der Waals surface area contributed by atoms with E-state index in [-0.39, 0.29) is 5.88 Å². The van der Waals surface area contributed by atoms with Crippen LogP contribution in [0.1, 0.15) is 12.0 Å². The van der Waals surface area contributed by atoms with Gasteiger partial charge < -0.3 is 24.5 Å². The van der Waals surface area contributed by atoms with Gasteiger partial charge in [0.25, 0.3) is 0 Å². The van der Waals surface area contributed by atoms with Crippen molar-refractivity contribution in [3.8, 4) is 22.8 Å². The molecule has 6 heteroatoms. The first-order valence-electron chi connectivity index (χ1n) is 11.9. The highest BCUT2D eigenvalue weighted by Gasteiger charge is 2.19. The van der Waals surface area contributed by atoms with E-state index >= 15 is 0 Å². The van der Waals surface area contributed by atoms with E-state index in [9.17, 15) is 9.90 Å². The van der Waals surface area contributed by atoms with Gasteiger partial charge in [0, 0.05) is 33.7 Å². The van der Waals surface area contributed by atoms with Crippen molar-refractivity contribution in [1.82, 2.24) is 9.97 Å². The molecule has 0 amide bonds. The molecule has 0 aliphatic rings. The molecule has 3 N–H and O–H groups in total. The average Bonchev–Trinajstić information content (AvgIpc) is 3.51. The van der Waals surface area contributed by atoms with E-state index < -0.39 is 6.16 Å². The molecule has 0 aliphatic heterocycles. The molecule has 0 fully saturated rings. The molecular weight excluding hydrogens is 452 g/mol. The first kappa shape index (κ1) is 21.8. The number of rotatable bonds is 7. The fraction of sp³-hybridized carbons (Fsp3) is 0.100. The van der Waals surface area contributed by atoms with Crippen LogP contribution >= 0.6 is 0 Å². The van der Waals surface area contributed by atoms with E-state index in [0.29, 0.717) is 19.4 Å². The zero-order valence-corrected chi connectivity index (χ0v) is 19.5. The monoisotopic (exact) mass is 476 g/mol. The molecule has 0 atom stereocenters. The topological polar surface area (TPSA) is 87.3 Å². The molecule has 0 saturated heterocycles. The van der Waals surface area contributed by atoms with Gasteiger partial charge in [0.05, 0.1) is 17.6 Å². The molecular formula is C30H24N2O4. The second kappa shape index (κ2) is 9.15. The number of ether oxygens (including phenoxy) is 2. The Bertz CT molecular complexity index is 1710. The quantitative estimate of drug-likeness (QED) is 0.164. The van der Waals surface area contributed by atoms with Crippen LogP contribution in [-0.2, 0) is 6.42 Å². The van der Waals surface area contributed by atoms with Crippen molar-refractivity contribution in [1.29, 1.82) is 0 Å². The van der Waals surface area contributed by atoms with E-state index in [4.69, 9.17) is 9.47 Å². The number of benzene rings is 4. The lowest BCUT2D eigenvalue weighted by molar-refractivity contribution is 0.142. The van der Waals surface area contributed by atoms with E-state index in [1.54, 1.807) is 0 Å². The number of aromatic amines is 2. The minimum atomic E-state index is -1.34. The van der Waals surface area contributed by atoms with Crippen LogP contribution in [0.3, 0.4) is 0 Å². The molecule has 0 spiro atoms. The lowest BCUT2D eigenvalue weighted by Crippen LogP contribution is -2.06. The summed E-state index contributed by atoms with van der Waals surface area (Å²) < 4.78 is 11.3. The molecule has 2 aromatic heterocycles. The predicted molar refractivity (Wildman–Crippen MR) is 142 cm³/mol. The van der Waals surface area contributed by atoms with Crippen LogP contribution in [0.2, 0.25) is 0 Å². The number of carbonyl (C=O) groups is 1. The molecule has 4 aromatic carbocycles. The third kappa shape index (κ3) is 3.92. The molecule has 2 heterocycles. The van der Waals surface area contributed by atoms with Crippen LogP contribution in [0.15, 0.2) is 91.1 Å². The van der Waals surface area contributed by atoms with Gasteiger partial charge in [-0.25, -0.2) is 4.79 Å². The Morgan fingerprint density at radius 1 is 0.778 bits per heavy atom. The molecule has 0 bridgehead atoms. The zero-order chi connectivity index (χ0) is 24.5. The molecule has 0 radical (unpaired) electrons. The van der Waals surface area contributed by atoms with Crippen LogP contribution in [0.25, 0.3) is 43.7 Å². The Morgan fingerprint density at radius 2 is 1.50 bits per heavy atom. The number of hydrogen-bond acceptors (Lipinski definition) is 3. The van der Waals surface area contributed by atoms with E-state index in [1.165, 1.54) is 0 Å². The first-order valence-corrected chi connectivity index (χ1v) is 11.9. The highest BCUT2D eigenvalue weighted by atomic mass is 16.7. The second-order valence-electron chi connectivity index (χ2n) is 8.71. The zero-order valence-electron chi connectivity index (χ0n) is 19.5. The van der Waals surface area contributed by atoms with Gasteiger partial charge >= 0.3 is 6.16 Å². The molecule has 0 saturated carbocycles. The maximum absolute atomic E-state index is 11.5. The second-order valence-corrected chi connectivity index (χ2v) is 8.71. The Kier molecular flexibility index (Phi) is 5.54. The summed E-state index contributed by atoms with van der Waals surface area (Å²) in [6.45, 7) is 0.495. The first-order chi connectivity index (χ1) is 17.7. The van der Waals surface area contributed by atoms with Crippen LogP contribution in [0, 0.1) is 0 Å². The van der Waals surface area contributed by atoms with Gasteiger partial charge in [0.15, 0.2) is 0 Å². The number of hydrogen-bond donors (Lipinski definition) is 3. The standard InChI is InChI=1S/C30H24N2O4/c33-30(34)36-29-25(14-6-18-35-26-15-4-8-19-7-1-2-10-21(19)26)24-13-5-12-23(28(24)32-29)22-11-3-9-20-16-17-31-27(20)22/h1-5,7-13,15-17,31-32H,6,14,18H2,(H,33,34). The van der Waals surface area contributed by atoms with Gasteiger partial charge in [-0.05, 0) is 35.7 Å². The highest BCUT2D eigenvalue weighted by Crippen LogP contribution is 2.38. The van der Waals surface area contributed by atoms with Gasteiger partial charge in [0.1, 0.15) is 5.75 Å². The smallest absolute Gasteiger partial charge is 0.493 e. The lowest BCUT2D eigenvalue weighted by atomic mass is 9.99. The number of aryl methyl sites for hydroxylation is 1. The number of fused-ring (bicyclic) bond motifs is 3. The third-order valence-corrected chi connectivity index (χ3v) is 6.55. The van der Waals surface area contributed by atoms with Crippen LogP contribution in [0.4, 0.5) is 4.79 Å². The number of carboxylic acid groups (broad SMARTS) is 1. The summed E-state index contributed by atoms with van der Waals surface area (Å²) in [5.41, 5.74) is 4.73. The molecule has 0 unspecified atom stereocenters. The molecule has 6 rings (SSSR count). The van der Waals surface area contributed by atoms with Crippen molar-refractivity contribution >= 4 is 38.7 Å². The summed E-state index contributed by atoms with van der Waals surface area (Å²) in [4.78, 5) is 18.0. The van der Waals surface area contributed by atoms with Crippen molar-refractivity contribution in [2.75, 3.05) is 6.61 Å². The van der Waals surface area contributed by atoms with E-state index in [1.807, 2.05) is 60.8 Å². The SMILES string of the molecule is O=C(O)Oc1[nH]c2c(-c3cccc4cc[nH]c34)cccc2c1CCCOc1cccc2ccccc12. The Balaban J connectivity index is 1.31. The molecule has 6 aromatic rings. The highest BCUT2D eigenvalue weighted by molar-refractivity contribution is 6.04. The summed E-state index contributed by atoms with van der Waals surface area (Å²) >= 11 is 0. The summed E-state index contributed by atoms with van der Waals surface area (Å²) in [5, 5.41) is 13.6. The van der Waals surface area contributed by atoms with Crippen LogP contribution < -0.4 is 9.47 Å². The number of para-hydroxylation sites is 2. The van der Waals surface area contributed by atoms with Crippen LogP contribution in [0.5, 0.6) is 11.6 Å². The van der Waals surface area contributed by atoms with Crippen molar-refractivity contribution in [3.05, 3.63) is 96.7 Å². The minimum Gasteiger partial charge on any atom is -0.493 e. The maximum atomic E-state index is 11.5. The maximum Gasteiger partial charge on any atom is 0.512 e. The summed E-state index contributed by atoms with van der Waals surface area (Å²) in [5.74, 6) is 1.10. The number of H-pyrrole nitrogens is 2. The van der Waals surface area contributed by atoms with Gasteiger partial charge in [-0.15, -0.1) is 0 Å². The Labute approximate surface area is 207 Å². The summed E-state index contributed by atoms with van der Waals surface area (Å²) in [6, 6.07) is 28.4.